The molecular formula is C18H20ClN3O3. The molecule has 0 aliphatic carbocycles. The van der Waals surface area contributed by atoms with Crippen molar-refractivity contribution < 1.29 is 14.3 Å². The van der Waals surface area contributed by atoms with Crippen molar-refractivity contribution in [1.82, 2.24) is 5.32 Å². The van der Waals surface area contributed by atoms with Gasteiger partial charge in [0.2, 0.25) is 0 Å². The lowest BCUT2D eigenvalue weighted by Crippen LogP contribution is -2.42. The topological polar surface area (TPSA) is 62.8 Å². The van der Waals surface area contributed by atoms with Gasteiger partial charge in [0.25, 0.3) is 0 Å². The summed E-state index contributed by atoms with van der Waals surface area (Å²) in [4.78, 5) is 14.1. The highest BCUT2D eigenvalue weighted by Crippen LogP contribution is 2.32. The van der Waals surface area contributed by atoms with Gasteiger partial charge in [0.05, 0.1) is 22.9 Å². The molecule has 0 aromatic heterocycles. The van der Waals surface area contributed by atoms with Crippen molar-refractivity contribution in [2.24, 2.45) is 0 Å². The molecule has 1 aliphatic heterocycles. The summed E-state index contributed by atoms with van der Waals surface area (Å²) >= 11 is 6.20. The number of nitrogens with one attached hydrogen (secondary N) is 2. The van der Waals surface area contributed by atoms with Crippen LogP contribution in [0.4, 0.5) is 16.2 Å². The molecule has 0 bridgehead atoms. The molecule has 25 heavy (non-hydrogen) atoms. The molecule has 2 N–H and O–H groups in total. The fraction of sp³-hybridized carbons (Fsp3) is 0.278. The summed E-state index contributed by atoms with van der Waals surface area (Å²) in [6.45, 7) is 0.718. The van der Waals surface area contributed by atoms with Crippen LogP contribution in [0, 0.1) is 0 Å². The number of halogens is 1. The molecule has 1 heterocycles. The largest absolute Gasteiger partial charge is 0.486 e. The van der Waals surface area contributed by atoms with Crippen molar-refractivity contribution in [2.45, 2.75) is 6.10 Å². The summed E-state index contributed by atoms with van der Waals surface area (Å²) in [5.41, 5.74) is 1.40. The van der Waals surface area contributed by atoms with Gasteiger partial charge in [0.15, 0.2) is 17.6 Å². The van der Waals surface area contributed by atoms with E-state index in [9.17, 15) is 4.79 Å². The third-order valence-corrected chi connectivity index (χ3v) is 4.05. The van der Waals surface area contributed by atoms with Crippen molar-refractivity contribution in [3.05, 3.63) is 47.5 Å². The smallest absolute Gasteiger partial charge is 0.319 e. The molecule has 0 fully saturated rings. The zero-order chi connectivity index (χ0) is 17.8. The highest BCUT2D eigenvalue weighted by molar-refractivity contribution is 6.34. The van der Waals surface area contributed by atoms with Crippen LogP contribution in [0.3, 0.4) is 0 Å². The molecule has 0 radical (unpaired) electrons. The maximum Gasteiger partial charge on any atom is 0.319 e. The Hall–Kier alpha value is -2.60. The van der Waals surface area contributed by atoms with Crippen LogP contribution in [0.15, 0.2) is 42.5 Å². The Labute approximate surface area is 151 Å². The molecule has 3 rings (SSSR count). The number of anilines is 2. The molecule has 0 unspecified atom stereocenters. The zero-order valence-corrected chi connectivity index (χ0v) is 14.8. The number of hydrogen-bond acceptors (Lipinski definition) is 4. The first-order valence-corrected chi connectivity index (χ1v) is 8.31. The highest BCUT2D eigenvalue weighted by Gasteiger charge is 2.21. The molecule has 132 valence electrons. The quantitative estimate of drug-likeness (QED) is 0.876. The first-order valence-electron chi connectivity index (χ1n) is 7.94. The molecular weight excluding hydrogens is 342 g/mol. The fourth-order valence-electron chi connectivity index (χ4n) is 2.61. The minimum absolute atomic E-state index is 0.242. The van der Waals surface area contributed by atoms with Crippen LogP contribution in [0.5, 0.6) is 11.5 Å². The number of amides is 2. The maximum absolute atomic E-state index is 12.2. The van der Waals surface area contributed by atoms with Gasteiger partial charge in [0.1, 0.15) is 6.61 Å². The number of carbonyl (C=O) groups is 1. The van der Waals surface area contributed by atoms with Gasteiger partial charge in [-0.1, -0.05) is 29.8 Å². The lowest BCUT2D eigenvalue weighted by molar-refractivity contribution is 0.0922. The number of ether oxygens (including phenoxy) is 2. The summed E-state index contributed by atoms with van der Waals surface area (Å²) in [7, 11) is 3.74. The van der Waals surface area contributed by atoms with Crippen molar-refractivity contribution in [3.8, 4) is 11.5 Å². The van der Waals surface area contributed by atoms with Crippen LogP contribution in [0.25, 0.3) is 0 Å². The normalized spacial score (nSPS) is 15.4. The van der Waals surface area contributed by atoms with Gasteiger partial charge in [-0.3, -0.25) is 0 Å². The van der Waals surface area contributed by atoms with Gasteiger partial charge < -0.3 is 25.0 Å². The summed E-state index contributed by atoms with van der Waals surface area (Å²) < 4.78 is 11.4. The Bertz CT molecular complexity index is 767. The van der Waals surface area contributed by atoms with E-state index < -0.39 is 0 Å². The number of rotatable bonds is 4. The van der Waals surface area contributed by atoms with Gasteiger partial charge in [-0.05, 0) is 24.3 Å². The van der Waals surface area contributed by atoms with E-state index >= 15 is 0 Å². The first kappa shape index (κ1) is 17.2. The fourth-order valence-corrected chi connectivity index (χ4v) is 2.95. The SMILES string of the molecule is CN(C)c1c(Cl)cccc1NC(=O)NC[C@@H]1COc2ccccc2O1. The van der Waals surface area contributed by atoms with Crippen LogP contribution in [0.1, 0.15) is 0 Å². The van der Waals surface area contributed by atoms with Gasteiger partial charge >= 0.3 is 6.03 Å². The monoisotopic (exact) mass is 361 g/mol. The van der Waals surface area contributed by atoms with E-state index in [-0.39, 0.29) is 12.1 Å². The third kappa shape index (κ3) is 4.09. The number of nitrogens with zero attached hydrogens (tertiary/aromatic N) is 1. The van der Waals surface area contributed by atoms with Crippen molar-refractivity contribution in [1.29, 1.82) is 0 Å². The van der Waals surface area contributed by atoms with Gasteiger partial charge in [-0.2, -0.15) is 0 Å². The Kier molecular flexibility index (Phi) is 5.19. The van der Waals surface area contributed by atoms with Gasteiger partial charge in [-0.15, -0.1) is 0 Å². The Balaban J connectivity index is 1.57. The predicted molar refractivity (Wildman–Crippen MR) is 99.2 cm³/mol. The van der Waals surface area contributed by atoms with Gasteiger partial charge in [0, 0.05) is 14.1 Å². The number of hydrogen-bond donors (Lipinski definition) is 2. The van der Waals surface area contributed by atoms with E-state index in [1.54, 1.807) is 18.2 Å². The first-order chi connectivity index (χ1) is 12.0. The summed E-state index contributed by atoms with van der Waals surface area (Å²) in [6.07, 6.45) is -0.242. The molecule has 2 aromatic rings. The summed E-state index contributed by atoms with van der Waals surface area (Å²) in [5.74, 6) is 1.41. The second-order valence-corrected chi connectivity index (χ2v) is 6.27. The second-order valence-electron chi connectivity index (χ2n) is 5.86. The molecule has 1 atom stereocenters. The lowest BCUT2D eigenvalue weighted by atomic mass is 10.2. The number of fused-ring (bicyclic) bond motifs is 1. The molecule has 2 amide bonds. The molecule has 2 aromatic carbocycles. The summed E-state index contributed by atoms with van der Waals surface area (Å²) in [5, 5.41) is 6.19. The number of urea groups is 1. The summed E-state index contributed by atoms with van der Waals surface area (Å²) in [6, 6.07) is 12.5. The molecule has 6 nitrogen and oxygen atoms in total. The standard InChI is InChI=1S/C18H20ClN3O3/c1-22(2)17-13(19)6-5-7-14(17)21-18(23)20-10-12-11-24-15-8-3-4-9-16(15)25-12/h3-9,12H,10-11H2,1-2H3,(H2,20,21,23)/t12-/m1/s1. The van der Waals surface area contributed by atoms with Crippen molar-refractivity contribution >= 4 is 29.0 Å². The minimum atomic E-state index is -0.326. The number of carbonyl (C=O) groups excluding carboxylic acids is 1. The van der Waals surface area contributed by atoms with E-state index in [1.165, 1.54) is 0 Å². The van der Waals surface area contributed by atoms with Crippen molar-refractivity contribution in [2.75, 3.05) is 37.5 Å². The van der Waals surface area contributed by atoms with Crippen LogP contribution in [-0.4, -0.2) is 39.4 Å². The van der Waals surface area contributed by atoms with E-state index in [0.717, 1.165) is 11.4 Å². The second kappa shape index (κ2) is 7.53. The Morgan fingerprint density at radius 1 is 1.20 bits per heavy atom. The van der Waals surface area contributed by atoms with Crippen LogP contribution >= 0.6 is 11.6 Å². The van der Waals surface area contributed by atoms with Crippen molar-refractivity contribution in [3.63, 3.8) is 0 Å². The van der Waals surface area contributed by atoms with Crippen LogP contribution in [0.2, 0.25) is 5.02 Å². The molecule has 1 aliphatic rings. The van der Waals surface area contributed by atoms with Gasteiger partial charge in [-0.25, -0.2) is 4.79 Å². The van der Waals surface area contributed by atoms with Crippen LogP contribution < -0.4 is 25.0 Å². The molecule has 0 spiro atoms. The maximum atomic E-state index is 12.2. The van der Waals surface area contributed by atoms with E-state index in [2.05, 4.69) is 10.6 Å². The van der Waals surface area contributed by atoms with E-state index in [4.69, 9.17) is 21.1 Å². The third-order valence-electron chi connectivity index (χ3n) is 3.74. The lowest BCUT2D eigenvalue weighted by Gasteiger charge is -2.26. The molecule has 0 saturated heterocycles. The number of para-hydroxylation sites is 3. The Morgan fingerprint density at radius 2 is 1.96 bits per heavy atom. The predicted octanol–water partition coefficient (Wildman–Crippen LogP) is 3.37. The van der Waals surface area contributed by atoms with Crippen LogP contribution in [-0.2, 0) is 0 Å². The average Bonchev–Trinajstić information content (AvgIpc) is 2.59. The average molecular weight is 362 g/mol. The minimum Gasteiger partial charge on any atom is -0.486 e. The number of benzene rings is 2. The zero-order valence-electron chi connectivity index (χ0n) is 14.1. The highest BCUT2D eigenvalue weighted by atomic mass is 35.5. The van der Waals surface area contributed by atoms with E-state index in [1.807, 2.05) is 43.3 Å². The molecule has 0 saturated carbocycles. The molecule has 7 heteroatoms. The Morgan fingerprint density at radius 3 is 2.72 bits per heavy atom. The van der Waals surface area contributed by atoms with E-state index in [0.29, 0.717) is 29.6 Å².